The Labute approximate surface area is 98.0 Å². The monoisotopic (exact) mass is 227 g/mol. The quantitative estimate of drug-likeness (QED) is 0.755. The van der Waals surface area contributed by atoms with Crippen molar-refractivity contribution in [3.8, 4) is 29.0 Å². The van der Waals surface area contributed by atoms with E-state index in [1.165, 1.54) is 0 Å². The molecule has 4 heteroatoms. The number of hydrogen-bond acceptors (Lipinski definition) is 3. The minimum atomic E-state index is 0.333. The molecule has 0 aromatic carbocycles. The van der Waals surface area contributed by atoms with Crippen molar-refractivity contribution in [1.29, 1.82) is 5.26 Å². The van der Waals surface area contributed by atoms with Gasteiger partial charge >= 0.3 is 0 Å². The maximum Gasteiger partial charge on any atom is 0.103 e. The van der Waals surface area contributed by atoms with Crippen LogP contribution in [0.3, 0.4) is 0 Å². The van der Waals surface area contributed by atoms with E-state index in [0.29, 0.717) is 13.0 Å². The second-order valence-corrected chi connectivity index (χ2v) is 4.14. The highest BCUT2D eigenvalue weighted by atomic mass is 32.1. The molecule has 2 aromatic heterocycles. The van der Waals surface area contributed by atoms with E-state index in [9.17, 15) is 0 Å². The summed E-state index contributed by atoms with van der Waals surface area (Å²) in [5, 5.41) is 15.1. The van der Waals surface area contributed by atoms with Gasteiger partial charge in [-0.25, -0.2) is 0 Å². The largest absolute Gasteiger partial charge is 0.256 e. The number of terminal acetylenes is 1. The van der Waals surface area contributed by atoms with Crippen LogP contribution in [-0.4, -0.2) is 9.78 Å². The highest BCUT2D eigenvalue weighted by molar-refractivity contribution is 7.13. The lowest BCUT2D eigenvalue weighted by Crippen LogP contribution is -2.02. The molecular weight excluding hydrogens is 218 g/mol. The molecule has 0 aliphatic carbocycles. The van der Waals surface area contributed by atoms with Gasteiger partial charge in [-0.1, -0.05) is 12.0 Å². The molecule has 0 aliphatic heterocycles. The van der Waals surface area contributed by atoms with Crippen LogP contribution in [0.25, 0.3) is 10.6 Å². The van der Waals surface area contributed by atoms with Crippen LogP contribution >= 0.6 is 11.3 Å². The second kappa shape index (κ2) is 4.65. The van der Waals surface area contributed by atoms with E-state index in [2.05, 4.69) is 17.1 Å². The normalized spacial score (nSPS) is 9.62. The lowest BCUT2D eigenvalue weighted by molar-refractivity contribution is 0.685. The summed E-state index contributed by atoms with van der Waals surface area (Å²) < 4.78 is 1.71. The Balaban J connectivity index is 2.40. The van der Waals surface area contributed by atoms with Gasteiger partial charge in [0, 0.05) is 0 Å². The molecule has 3 nitrogen and oxygen atoms in total. The van der Waals surface area contributed by atoms with Crippen molar-refractivity contribution in [2.24, 2.45) is 0 Å². The Kier molecular flexibility index (Phi) is 3.05. The van der Waals surface area contributed by atoms with Crippen LogP contribution in [0.15, 0.2) is 23.6 Å². The van der Waals surface area contributed by atoms with Gasteiger partial charge in [-0.05, 0) is 17.5 Å². The molecule has 0 aliphatic rings. The summed E-state index contributed by atoms with van der Waals surface area (Å²) in [4.78, 5) is 1.09. The summed E-state index contributed by atoms with van der Waals surface area (Å²) in [6.45, 7) is 0.405. The number of rotatable bonds is 3. The predicted molar refractivity (Wildman–Crippen MR) is 63.7 cm³/mol. The average molecular weight is 227 g/mol. The SMILES string of the molecule is C#CCn1nc(-c2cccs2)cc1CC#N. The minimum absolute atomic E-state index is 0.333. The van der Waals surface area contributed by atoms with E-state index in [1.54, 1.807) is 16.0 Å². The molecule has 16 heavy (non-hydrogen) atoms. The van der Waals surface area contributed by atoms with Crippen LogP contribution in [0, 0.1) is 23.7 Å². The van der Waals surface area contributed by atoms with Gasteiger partial charge in [-0.2, -0.15) is 10.4 Å². The molecule has 0 amide bonds. The first-order valence-corrected chi connectivity index (χ1v) is 5.64. The van der Waals surface area contributed by atoms with Crippen LogP contribution < -0.4 is 0 Å². The molecule has 0 fully saturated rings. The topological polar surface area (TPSA) is 41.6 Å². The van der Waals surface area contributed by atoms with Gasteiger partial charge in [0.1, 0.15) is 12.2 Å². The molecular formula is C12H9N3S. The standard InChI is InChI=1S/C12H9N3S/c1-2-7-15-10(5-6-13)9-11(14-15)12-4-3-8-16-12/h1,3-4,8-9H,5,7H2. The maximum absolute atomic E-state index is 8.71. The third-order valence-corrected chi connectivity index (χ3v) is 3.03. The first-order valence-electron chi connectivity index (χ1n) is 4.76. The van der Waals surface area contributed by atoms with Crippen molar-refractivity contribution >= 4 is 11.3 Å². The molecule has 0 bridgehead atoms. The van der Waals surface area contributed by atoms with Crippen LogP contribution in [0.4, 0.5) is 0 Å². The summed E-state index contributed by atoms with van der Waals surface area (Å²) in [7, 11) is 0. The van der Waals surface area contributed by atoms with E-state index < -0.39 is 0 Å². The summed E-state index contributed by atoms with van der Waals surface area (Å²) in [6.07, 6.45) is 5.60. The van der Waals surface area contributed by atoms with Crippen molar-refractivity contribution in [2.45, 2.75) is 13.0 Å². The first-order chi connectivity index (χ1) is 7.85. The molecule has 0 atom stereocenters. The average Bonchev–Trinajstić information content (AvgIpc) is 2.89. The van der Waals surface area contributed by atoms with E-state index in [-0.39, 0.29) is 0 Å². The van der Waals surface area contributed by atoms with Gasteiger partial charge in [-0.3, -0.25) is 4.68 Å². The number of hydrogen-bond donors (Lipinski definition) is 0. The lowest BCUT2D eigenvalue weighted by Gasteiger charge is -1.97. The van der Waals surface area contributed by atoms with Crippen LogP contribution in [-0.2, 0) is 13.0 Å². The van der Waals surface area contributed by atoms with Crippen molar-refractivity contribution in [3.63, 3.8) is 0 Å². The molecule has 0 saturated heterocycles. The molecule has 0 unspecified atom stereocenters. The maximum atomic E-state index is 8.71. The van der Waals surface area contributed by atoms with E-state index in [0.717, 1.165) is 16.3 Å². The Morgan fingerprint density at radius 1 is 1.56 bits per heavy atom. The van der Waals surface area contributed by atoms with E-state index in [4.69, 9.17) is 11.7 Å². The van der Waals surface area contributed by atoms with Gasteiger partial charge in [-0.15, -0.1) is 17.8 Å². The number of nitrogens with zero attached hydrogens (tertiary/aromatic N) is 3. The molecule has 0 saturated carbocycles. The molecule has 2 aromatic rings. The van der Waals surface area contributed by atoms with Gasteiger partial charge in [0.05, 0.1) is 23.1 Å². The van der Waals surface area contributed by atoms with E-state index in [1.807, 2.05) is 23.6 Å². The third-order valence-electron chi connectivity index (χ3n) is 2.14. The zero-order valence-electron chi connectivity index (χ0n) is 8.55. The molecule has 78 valence electrons. The summed E-state index contributed by atoms with van der Waals surface area (Å²) in [5.74, 6) is 2.54. The lowest BCUT2D eigenvalue weighted by atomic mass is 10.2. The Morgan fingerprint density at radius 3 is 3.06 bits per heavy atom. The highest BCUT2D eigenvalue weighted by Crippen LogP contribution is 2.24. The number of thiophene rings is 1. The Hall–Kier alpha value is -2.04. The zero-order chi connectivity index (χ0) is 11.4. The fourth-order valence-electron chi connectivity index (χ4n) is 1.45. The fraction of sp³-hybridized carbons (Fsp3) is 0.167. The van der Waals surface area contributed by atoms with Crippen LogP contribution in [0.5, 0.6) is 0 Å². The summed E-state index contributed by atoms with van der Waals surface area (Å²) in [6, 6.07) is 8.02. The van der Waals surface area contributed by atoms with Crippen molar-refractivity contribution in [3.05, 3.63) is 29.3 Å². The molecule has 0 N–H and O–H groups in total. The smallest absolute Gasteiger partial charge is 0.103 e. The van der Waals surface area contributed by atoms with Gasteiger partial charge < -0.3 is 0 Å². The van der Waals surface area contributed by atoms with Gasteiger partial charge in [0.2, 0.25) is 0 Å². The molecule has 0 spiro atoms. The zero-order valence-corrected chi connectivity index (χ0v) is 9.37. The molecule has 2 heterocycles. The Bertz CT molecular complexity index is 519. The molecule has 2 rings (SSSR count). The Morgan fingerprint density at radius 2 is 2.44 bits per heavy atom. The van der Waals surface area contributed by atoms with Crippen molar-refractivity contribution < 1.29 is 0 Å². The van der Waals surface area contributed by atoms with Crippen LogP contribution in [0.2, 0.25) is 0 Å². The second-order valence-electron chi connectivity index (χ2n) is 3.19. The fourth-order valence-corrected chi connectivity index (χ4v) is 2.13. The van der Waals surface area contributed by atoms with E-state index >= 15 is 0 Å². The van der Waals surface area contributed by atoms with Crippen molar-refractivity contribution in [2.75, 3.05) is 0 Å². The van der Waals surface area contributed by atoms with Crippen molar-refractivity contribution in [1.82, 2.24) is 9.78 Å². The summed E-state index contributed by atoms with van der Waals surface area (Å²) >= 11 is 1.62. The first kappa shape index (κ1) is 10.5. The number of nitriles is 1. The van der Waals surface area contributed by atoms with Crippen LogP contribution in [0.1, 0.15) is 5.69 Å². The third kappa shape index (κ3) is 1.98. The highest BCUT2D eigenvalue weighted by Gasteiger charge is 2.09. The van der Waals surface area contributed by atoms with Gasteiger partial charge in [0.25, 0.3) is 0 Å². The molecule has 0 radical (unpaired) electrons. The number of aromatic nitrogens is 2. The predicted octanol–water partition coefficient (Wildman–Crippen LogP) is 2.31. The summed E-state index contributed by atoms with van der Waals surface area (Å²) in [5.41, 5.74) is 1.75. The minimum Gasteiger partial charge on any atom is -0.256 e. The van der Waals surface area contributed by atoms with Gasteiger partial charge in [0.15, 0.2) is 0 Å².